The number of thiazole rings is 2. The Balaban J connectivity index is 0.000000185. The minimum Gasteiger partial charge on any atom is -0.466 e. The molecule has 0 unspecified atom stereocenters. The number of aliphatic hydroxyl groups excluding tert-OH is 1. The highest BCUT2D eigenvalue weighted by Crippen LogP contribution is 2.41. The Kier molecular flexibility index (Phi) is 25.3. The van der Waals surface area contributed by atoms with Crippen LogP contribution < -0.4 is 35.2 Å². The number of halogens is 5. The van der Waals surface area contributed by atoms with Crippen LogP contribution in [0.25, 0.3) is 0 Å². The average molecular weight is 1690 g/mol. The Morgan fingerprint density at radius 1 is 0.551 bits per heavy atom. The number of aliphatic hydroxyl groups is 1. The molecule has 2 aromatic heterocycles. The molecule has 0 aliphatic carbocycles. The van der Waals surface area contributed by atoms with Gasteiger partial charge in [0.25, 0.3) is 11.8 Å². The minimum absolute atomic E-state index is 0.0869. The molecular formula is C86H77Cl3F2N14O11S2. The first kappa shape index (κ1) is 81.2. The van der Waals surface area contributed by atoms with Crippen molar-refractivity contribution in [1.82, 2.24) is 50.4 Å². The van der Waals surface area contributed by atoms with E-state index >= 15 is 0 Å². The number of carbonyl (C=O) groups excluding carboxylic acids is 6. The molecule has 8 heterocycles. The summed E-state index contributed by atoms with van der Waals surface area (Å²) in [6, 6.07) is 51.1. The fraction of sp³-hybridized carbons (Fsp3) is 0.233. The maximum absolute atomic E-state index is 14.1. The number of methoxy groups -OCH3 is 2. The second kappa shape index (κ2) is 36.7. The summed E-state index contributed by atoms with van der Waals surface area (Å²) in [6.07, 6.45) is 3.33. The van der Waals surface area contributed by atoms with Crippen molar-refractivity contribution in [2.45, 2.75) is 37.3 Å². The van der Waals surface area contributed by atoms with Gasteiger partial charge in [0.2, 0.25) is 0 Å². The van der Waals surface area contributed by atoms with Gasteiger partial charge >= 0.3 is 24.0 Å². The van der Waals surface area contributed by atoms with Crippen molar-refractivity contribution in [3.63, 3.8) is 0 Å². The fourth-order valence-electron chi connectivity index (χ4n) is 14.9. The monoisotopic (exact) mass is 1690 g/mol. The number of anilines is 2. The first-order valence-electron chi connectivity index (χ1n) is 37.7. The van der Waals surface area contributed by atoms with Gasteiger partial charge in [-0.2, -0.15) is 0 Å². The summed E-state index contributed by atoms with van der Waals surface area (Å²) < 4.78 is 50.8. The summed E-state index contributed by atoms with van der Waals surface area (Å²) in [6.45, 7) is 5.47. The van der Waals surface area contributed by atoms with Gasteiger partial charge < -0.3 is 54.7 Å². The lowest BCUT2D eigenvalue weighted by atomic mass is 9.95. The molecule has 25 nitrogen and oxygen atoms in total. The van der Waals surface area contributed by atoms with Crippen molar-refractivity contribution >= 4 is 116 Å². The second-order valence-electron chi connectivity index (χ2n) is 28.2. The average Bonchev–Trinajstić information content (AvgIpc) is 1.16. The van der Waals surface area contributed by atoms with Crippen LogP contribution in [0.15, 0.2) is 244 Å². The molecule has 604 valence electrons. The highest BCUT2D eigenvalue weighted by molar-refractivity contribution is 7.12. The van der Waals surface area contributed by atoms with Crippen LogP contribution in [0.2, 0.25) is 15.1 Å². The van der Waals surface area contributed by atoms with Gasteiger partial charge in [0.15, 0.2) is 21.7 Å². The van der Waals surface area contributed by atoms with E-state index < -0.39 is 35.7 Å². The smallest absolute Gasteiger partial charge is 0.338 e. The van der Waals surface area contributed by atoms with E-state index in [-0.39, 0.29) is 70.3 Å². The number of esters is 2. The number of hydrogen-bond donors (Lipinski definition) is 4. The molecule has 6 aliphatic heterocycles. The lowest BCUT2D eigenvalue weighted by Gasteiger charge is -2.38. The van der Waals surface area contributed by atoms with Gasteiger partial charge in [-0.1, -0.05) is 95.5 Å². The van der Waals surface area contributed by atoms with Crippen molar-refractivity contribution in [3.05, 3.63) is 304 Å². The first-order valence-corrected chi connectivity index (χ1v) is 40.6. The van der Waals surface area contributed by atoms with Crippen molar-refractivity contribution < 1.29 is 61.6 Å². The molecule has 0 bridgehead atoms. The maximum Gasteiger partial charge on any atom is 0.338 e. The summed E-state index contributed by atoms with van der Waals surface area (Å²) in [5.41, 5.74) is 6.78. The molecular weight excluding hydrogens is 1610 g/mol. The molecule has 4 saturated heterocycles. The molecule has 6 aliphatic rings. The van der Waals surface area contributed by atoms with Crippen molar-refractivity contribution in [1.29, 1.82) is 0 Å². The Morgan fingerprint density at radius 2 is 1.00 bits per heavy atom. The third-order valence-corrected chi connectivity index (χ3v) is 23.3. The lowest BCUT2D eigenvalue weighted by Crippen LogP contribution is -2.53. The van der Waals surface area contributed by atoms with Crippen LogP contribution in [0.4, 0.5) is 29.7 Å². The third-order valence-electron chi connectivity index (χ3n) is 20.7. The molecule has 0 saturated carbocycles. The number of aliphatic imine (C=N–C) groups is 2. The van der Waals surface area contributed by atoms with Crippen LogP contribution in [-0.2, 0) is 32.2 Å². The number of piperazine rings is 2. The van der Waals surface area contributed by atoms with E-state index in [2.05, 4.69) is 35.7 Å². The standard InChI is InChI=1S/C44H41ClFN7O6S.C42H36Cl2FN7O5S/c1-58-43(56)38-37(48-40(41-47-17-22-60-41)49-39(38)35-16-9-30(46)23-36(35)45)27-50-18-19-52-32(25-50)26-53(44(52)57)31-10-14-34(15-11-31)59-33-12-7-29(8-13-33)42(55)51(20-21-54)24-28-5-3-2-4-6-28;1-56-41(54)36-35(48-38(40-46-16-19-58-40)49-37(36)32-15-8-27(45)20-34(32)44)24-50-17-18-51-29(22-50)23-52(42(51)55)28-9-13-31(14-10-28)57-30-11-6-25(7-12-30)39(53)47-21-26-4-2-3-5-33(26)43/h2-17,22-23,32,39,54H,18-21,24-27H2,1H3,(H,48,49);2-16,19-20,29,37H,17-18,21-24H2,1H3,(H,47,53)(H,48,49)/t32-,39-;29-,37-/m00/s1. The normalized spacial score (nSPS) is 18.0. The molecule has 4 atom stereocenters. The van der Waals surface area contributed by atoms with Gasteiger partial charge in [-0.25, -0.2) is 37.9 Å². The van der Waals surface area contributed by atoms with E-state index in [9.17, 15) is 42.7 Å². The van der Waals surface area contributed by atoms with Crippen LogP contribution in [0.3, 0.4) is 0 Å². The zero-order chi connectivity index (χ0) is 82.1. The predicted octanol–water partition coefficient (Wildman–Crippen LogP) is 14.0. The van der Waals surface area contributed by atoms with Crippen molar-refractivity contribution in [3.8, 4) is 23.0 Å². The Bertz CT molecular complexity index is 5510. The van der Waals surface area contributed by atoms with Gasteiger partial charge in [0.1, 0.15) is 46.7 Å². The van der Waals surface area contributed by atoms with Crippen molar-refractivity contribution in [2.24, 2.45) is 9.98 Å². The van der Waals surface area contributed by atoms with E-state index in [1.165, 1.54) is 73.3 Å². The molecule has 4 fully saturated rings. The van der Waals surface area contributed by atoms with Crippen molar-refractivity contribution in [2.75, 3.05) is 103 Å². The number of nitrogens with one attached hydrogen (secondary N) is 3. The van der Waals surface area contributed by atoms with Gasteiger partial charge in [-0.05, 0) is 139 Å². The number of urea groups is 2. The van der Waals surface area contributed by atoms with E-state index in [0.717, 1.165) is 22.5 Å². The van der Waals surface area contributed by atoms with Crippen LogP contribution >= 0.6 is 57.5 Å². The van der Waals surface area contributed by atoms with Crippen LogP contribution in [0, 0.1) is 11.6 Å². The SMILES string of the molecule is COC(=O)C1=C(CN2CCN3C(=O)N(c4ccc(Oc5ccc(C(=O)N(CCO)Cc6ccccc6)cc5)cc4)C[C@@H]3C2)NC(c2nccs2)=N[C@H]1c1ccc(F)cc1Cl.COC(=O)C1=C(CN2CCN3C(=O)N(c4ccc(Oc5ccc(C(=O)NCc6ccccc6Cl)cc5)cc4)C[C@@H]3C2)NC(c2nccs2)=N[C@H]1c1ccc(F)cc1Cl. The largest absolute Gasteiger partial charge is 0.466 e. The maximum atomic E-state index is 14.1. The Hall–Kier alpha value is -11.9. The number of fused-ring (bicyclic) bond motifs is 2. The molecule has 6 amide bonds. The number of nitrogens with zero attached hydrogens (tertiary/aromatic N) is 11. The highest BCUT2D eigenvalue weighted by atomic mass is 35.5. The third kappa shape index (κ3) is 18.4. The summed E-state index contributed by atoms with van der Waals surface area (Å²) >= 11 is 22.0. The van der Waals surface area contributed by atoms with Crippen LogP contribution in [0.1, 0.15) is 65.1 Å². The summed E-state index contributed by atoms with van der Waals surface area (Å²) in [5, 5.41) is 24.9. The summed E-state index contributed by atoms with van der Waals surface area (Å²) in [4.78, 5) is 112. The predicted molar refractivity (Wildman–Crippen MR) is 446 cm³/mol. The van der Waals surface area contributed by atoms with Gasteiger partial charge in [0, 0.05) is 168 Å². The summed E-state index contributed by atoms with van der Waals surface area (Å²) in [7, 11) is 2.60. The van der Waals surface area contributed by atoms with E-state index in [1.807, 2.05) is 93.4 Å². The van der Waals surface area contributed by atoms with E-state index in [0.29, 0.717) is 162 Å². The molecule has 16 rings (SSSR count). The number of carbonyl (C=O) groups is 6. The first-order chi connectivity index (χ1) is 57.3. The number of amidine groups is 2. The molecule has 4 N–H and O–H groups in total. The topological polar surface area (TPSA) is 269 Å². The minimum atomic E-state index is -0.875. The second-order valence-corrected chi connectivity index (χ2v) is 31.2. The molecule has 0 radical (unpaired) electrons. The number of amides is 6. The zero-order valence-corrected chi connectivity index (χ0v) is 67.5. The number of aromatic nitrogens is 2. The lowest BCUT2D eigenvalue weighted by molar-refractivity contribution is -0.137. The highest BCUT2D eigenvalue weighted by Gasteiger charge is 2.45. The number of ether oxygens (including phenoxy) is 4. The Morgan fingerprint density at radius 3 is 1.43 bits per heavy atom. The van der Waals surface area contributed by atoms with Gasteiger partial charge in [0.05, 0.1) is 44.1 Å². The number of benzene rings is 8. The Labute approximate surface area is 700 Å². The number of hydrogen-bond acceptors (Lipinski definition) is 21. The quantitative estimate of drug-likeness (QED) is 0.0409. The molecule has 32 heteroatoms. The zero-order valence-electron chi connectivity index (χ0n) is 63.6. The van der Waals surface area contributed by atoms with Crippen LogP contribution in [-0.4, -0.2) is 192 Å². The van der Waals surface area contributed by atoms with E-state index in [1.54, 1.807) is 106 Å². The molecule has 8 aromatic carbocycles. The molecule has 0 spiro atoms. The summed E-state index contributed by atoms with van der Waals surface area (Å²) in [5.74, 6) is 0.542. The van der Waals surface area contributed by atoms with Crippen LogP contribution in [0.5, 0.6) is 23.0 Å². The van der Waals surface area contributed by atoms with Gasteiger partial charge in [-0.15, -0.1) is 22.7 Å². The molecule has 10 aromatic rings. The van der Waals surface area contributed by atoms with E-state index in [4.69, 9.17) is 63.7 Å². The molecule has 118 heavy (non-hydrogen) atoms. The van der Waals surface area contributed by atoms with Gasteiger partial charge in [-0.3, -0.25) is 39.2 Å². The fourth-order valence-corrected chi connectivity index (χ4v) is 16.8. The number of rotatable bonds is 24.